The summed E-state index contributed by atoms with van der Waals surface area (Å²) in [7, 11) is 3.44. The topological polar surface area (TPSA) is 101 Å². The maximum Gasteiger partial charge on any atom is 0.233 e. The highest BCUT2D eigenvalue weighted by Gasteiger charge is 2.24. The van der Waals surface area contributed by atoms with E-state index in [4.69, 9.17) is 14.1 Å². The fourth-order valence-corrected chi connectivity index (χ4v) is 3.80. The minimum Gasteiger partial charge on any atom is -0.496 e. The van der Waals surface area contributed by atoms with E-state index in [0.29, 0.717) is 35.4 Å². The first kappa shape index (κ1) is 19.9. The second kappa shape index (κ2) is 8.98. The molecule has 1 fully saturated rings. The van der Waals surface area contributed by atoms with Crippen LogP contribution in [-0.2, 0) is 0 Å². The zero-order chi connectivity index (χ0) is 20.9. The molecule has 9 heteroatoms. The molecule has 0 amide bonds. The number of benzene rings is 1. The van der Waals surface area contributed by atoms with Gasteiger partial charge in [0.25, 0.3) is 0 Å². The molecule has 158 valence electrons. The number of hydrogen-bond donors (Lipinski definition) is 2. The van der Waals surface area contributed by atoms with Gasteiger partial charge in [-0.3, -0.25) is 0 Å². The SMILES string of the molecule is CCC1CCCCN1c1nc(NC)nc(Nc2ccc(-c3cnco3)c(OC)c2)n1. The Labute approximate surface area is 175 Å². The molecule has 0 aliphatic carbocycles. The van der Waals surface area contributed by atoms with Gasteiger partial charge in [-0.1, -0.05) is 6.92 Å². The molecule has 3 aromatic rings. The number of hydrogen-bond acceptors (Lipinski definition) is 9. The van der Waals surface area contributed by atoms with Gasteiger partial charge in [-0.15, -0.1) is 0 Å². The third-order valence-electron chi connectivity index (χ3n) is 5.36. The molecule has 3 heterocycles. The summed E-state index contributed by atoms with van der Waals surface area (Å²) in [4.78, 5) is 20.1. The number of oxazole rings is 1. The Morgan fingerprint density at radius 2 is 2.07 bits per heavy atom. The summed E-state index contributed by atoms with van der Waals surface area (Å²) in [5.74, 6) is 3.04. The number of ether oxygens (including phenoxy) is 1. The summed E-state index contributed by atoms with van der Waals surface area (Å²) in [5, 5.41) is 6.33. The van der Waals surface area contributed by atoms with Crippen LogP contribution in [0.1, 0.15) is 32.6 Å². The van der Waals surface area contributed by atoms with Crippen molar-refractivity contribution in [1.82, 2.24) is 19.9 Å². The van der Waals surface area contributed by atoms with Crippen LogP contribution in [0.5, 0.6) is 5.75 Å². The first-order valence-electron chi connectivity index (χ1n) is 10.3. The Hall–Kier alpha value is -3.36. The maximum atomic E-state index is 5.54. The van der Waals surface area contributed by atoms with Crippen LogP contribution in [0, 0.1) is 0 Å². The van der Waals surface area contributed by atoms with Crippen molar-refractivity contribution < 1.29 is 9.15 Å². The number of nitrogens with one attached hydrogen (secondary N) is 2. The van der Waals surface area contributed by atoms with Crippen LogP contribution in [0.15, 0.2) is 35.2 Å². The highest BCUT2D eigenvalue weighted by Crippen LogP contribution is 2.33. The molecule has 1 saturated heterocycles. The summed E-state index contributed by atoms with van der Waals surface area (Å²) in [6, 6.07) is 6.19. The van der Waals surface area contributed by atoms with Gasteiger partial charge in [-0.2, -0.15) is 15.0 Å². The molecule has 1 aliphatic rings. The lowest BCUT2D eigenvalue weighted by atomic mass is 10.0. The first-order chi connectivity index (χ1) is 14.7. The number of nitrogens with zero attached hydrogens (tertiary/aromatic N) is 5. The van der Waals surface area contributed by atoms with Crippen molar-refractivity contribution >= 4 is 23.5 Å². The molecule has 1 aromatic carbocycles. The molecule has 0 radical (unpaired) electrons. The Balaban J connectivity index is 1.63. The largest absolute Gasteiger partial charge is 0.496 e. The molecule has 0 spiro atoms. The minimum atomic E-state index is 0.458. The summed E-state index contributed by atoms with van der Waals surface area (Å²) in [6.45, 7) is 3.18. The average molecular weight is 409 g/mol. The van der Waals surface area contributed by atoms with Crippen LogP contribution in [0.4, 0.5) is 23.5 Å². The van der Waals surface area contributed by atoms with Crippen LogP contribution in [-0.4, -0.2) is 46.7 Å². The van der Waals surface area contributed by atoms with Crippen LogP contribution < -0.4 is 20.3 Å². The number of rotatable bonds is 7. The number of methoxy groups -OCH3 is 1. The van der Waals surface area contributed by atoms with E-state index in [-0.39, 0.29) is 0 Å². The van der Waals surface area contributed by atoms with E-state index in [1.165, 1.54) is 19.2 Å². The summed E-state index contributed by atoms with van der Waals surface area (Å²) in [5.41, 5.74) is 1.63. The molecule has 0 saturated carbocycles. The number of aromatic nitrogens is 4. The standard InChI is InChI=1S/C21H27N7O2/c1-4-15-7-5-6-10-28(15)21-26-19(22-2)25-20(27-21)24-14-8-9-16(17(11-14)29-3)18-12-23-13-30-18/h8-9,11-13,15H,4-7,10H2,1-3H3,(H2,22,24,25,26,27). The van der Waals surface area contributed by atoms with Crippen LogP contribution >= 0.6 is 0 Å². The van der Waals surface area contributed by atoms with Gasteiger partial charge < -0.3 is 24.7 Å². The molecule has 2 aromatic heterocycles. The average Bonchev–Trinajstić information content (AvgIpc) is 3.33. The lowest BCUT2D eigenvalue weighted by molar-refractivity contribution is 0.415. The van der Waals surface area contributed by atoms with Crippen LogP contribution in [0.25, 0.3) is 11.3 Å². The van der Waals surface area contributed by atoms with E-state index >= 15 is 0 Å². The lowest BCUT2D eigenvalue weighted by Crippen LogP contribution is -2.40. The van der Waals surface area contributed by atoms with E-state index in [2.05, 4.69) is 37.4 Å². The fourth-order valence-electron chi connectivity index (χ4n) is 3.80. The van der Waals surface area contributed by atoms with Gasteiger partial charge in [0.1, 0.15) is 5.75 Å². The van der Waals surface area contributed by atoms with Crippen molar-refractivity contribution in [3.05, 3.63) is 30.8 Å². The second-order valence-electron chi connectivity index (χ2n) is 7.19. The Kier molecular flexibility index (Phi) is 5.97. The van der Waals surface area contributed by atoms with E-state index < -0.39 is 0 Å². The lowest BCUT2D eigenvalue weighted by Gasteiger charge is -2.35. The van der Waals surface area contributed by atoms with E-state index in [9.17, 15) is 0 Å². The van der Waals surface area contributed by atoms with Crippen molar-refractivity contribution in [3.8, 4) is 17.1 Å². The summed E-state index contributed by atoms with van der Waals surface area (Å²) < 4.78 is 10.9. The summed E-state index contributed by atoms with van der Waals surface area (Å²) in [6.07, 6.45) is 7.70. The van der Waals surface area contributed by atoms with Crippen molar-refractivity contribution in [2.24, 2.45) is 0 Å². The third kappa shape index (κ3) is 4.14. The van der Waals surface area contributed by atoms with Gasteiger partial charge in [0, 0.05) is 31.4 Å². The zero-order valence-electron chi connectivity index (χ0n) is 17.6. The van der Waals surface area contributed by atoms with Gasteiger partial charge in [-0.25, -0.2) is 4.98 Å². The second-order valence-corrected chi connectivity index (χ2v) is 7.19. The van der Waals surface area contributed by atoms with Crippen molar-refractivity contribution in [2.75, 3.05) is 36.2 Å². The summed E-state index contributed by atoms with van der Waals surface area (Å²) >= 11 is 0. The smallest absolute Gasteiger partial charge is 0.233 e. The highest BCUT2D eigenvalue weighted by molar-refractivity contribution is 5.71. The monoisotopic (exact) mass is 409 g/mol. The van der Waals surface area contributed by atoms with Crippen molar-refractivity contribution in [1.29, 1.82) is 0 Å². The molecular formula is C21H27N7O2. The van der Waals surface area contributed by atoms with Gasteiger partial charge in [0.15, 0.2) is 12.2 Å². The molecule has 1 unspecified atom stereocenters. The maximum absolute atomic E-state index is 5.54. The van der Waals surface area contributed by atoms with Gasteiger partial charge in [0.05, 0.1) is 18.9 Å². The fraction of sp³-hybridized carbons (Fsp3) is 0.429. The predicted molar refractivity (Wildman–Crippen MR) is 116 cm³/mol. The Bertz CT molecular complexity index is 977. The normalized spacial score (nSPS) is 16.4. The van der Waals surface area contributed by atoms with Gasteiger partial charge >= 0.3 is 0 Å². The third-order valence-corrected chi connectivity index (χ3v) is 5.36. The van der Waals surface area contributed by atoms with E-state index in [0.717, 1.165) is 30.6 Å². The van der Waals surface area contributed by atoms with Crippen molar-refractivity contribution in [3.63, 3.8) is 0 Å². The predicted octanol–water partition coefficient (Wildman–Crippen LogP) is 4.09. The first-order valence-corrected chi connectivity index (χ1v) is 10.3. The molecule has 30 heavy (non-hydrogen) atoms. The van der Waals surface area contributed by atoms with Gasteiger partial charge in [-0.05, 0) is 37.8 Å². The number of anilines is 4. The molecule has 9 nitrogen and oxygen atoms in total. The molecular weight excluding hydrogens is 382 g/mol. The highest BCUT2D eigenvalue weighted by atomic mass is 16.5. The Morgan fingerprint density at radius 3 is 2.80 bits per heavy atom. The molecule has 1 atom stereocenters. The van der Waals surface area contributed by atoms with Crippen molar-refractivity contribution in [2.45, 2.75) is 38.6 Å². The zero-order valence-corrected chi connectivity index (χ0v) is 17.6. The number of piperidine rings is 1. The molecule has 0 bridgehead atoms. The molecule has 1 aliphatic heterocycles. The van der Waals surface area contributed by atoms with E-state index in [1.807, 2.05) is 25.2 Å². The minimum absolute atomic E-state index is 0.458. The molecule has 2 N–H and O–H groups in total. The molecule has 4 rings (SSSR count). The van der Waals surface area contributed by atoms with Crippen LogP contribution in [0.3, 0.4) is 0 Å². The van der Waals surface area contributed by atoms with E-state index in [1.54, 1.807) is 13.3 Å². The quantitative estimate of drug-likeness (QED) is 0.597. The van der Waals surface area contributed by atoms with Crippen LogP contribution in [0.2, 0.25) is 0 Å². The Morgan fingerprint density at radius 1 is 1.20 bits per heavy atom. The van der Waals surface area contributed by atoms with Gasteiger partial charge in [0.2, 0.25) is 17.8 Å².